The second-order valence-electron chi connectivity index (χ2n) is 23.3. The molecule has 1 saturated heterocycles. The fourth-order valence-corrected chi connectivity index (χ4v) is 10.9. The van der Waals surface area contributed by atoms with Crippen molar-refractivity contribution in [1.82, 2.24) is 5.32 Å². The molecule has 9 nitrogen and oxygen atoms in total. The van der Waals surface area contributed by atoms with E-state index >= 15 is 0 Å². The molecule has 0 bridgehead atoms. The largest absolute Gasteiger partial charge is 0.394 e. The van der Waals surface area contributed by atoms with Crippen LogP contribution >= 0.6 is 0 Å². The molecule has 1 rings (SSSR count). The lowest BCUT2D eigenvalue weighted by Crippen LogP contribution is -2.60. The Hall–Kier alpha value is -1.07. The van der Waals surface area contributed by atoms with Gasteiger partial charge in [-0.1, -0.05) is 328 Å². The summed E-state index contributed by atoms with van der Waals surface area (Å²) in [4.78, 5) is 13.1. The maximum absolute atomic E-state index is 13.1. The van der Waals surface area contributed by atoms with Gasteiger partial charge in [0.2, 0.25) is 5.91 Å². The second kappa shape index (κ2) is 55.3. The highest BCUT2D eigenvalue weighted by Crippen LogP contribution is 2.23. The van der Waals surface area contributed by atoms with Gasteiger partial charge in [0.05, 0.1) is 25.4 Å². The maximum Gasteiger partial charge on any atom is 0.220 e. The average Bonchev–Trinajstić information content (AvgIpc) is 3.40. The molecule has 0 saturated carbocycles. The Labute approximate surface area is 458 Å². The van der Waals surface area contributed by atoms with Crippen molar-refractivity contribution in [3.05, 3.63) is 12.2 Å². The monoisotopic (exact) mass is 1050 g/mol. The summed E-state index contributed by atoms with van der Waals surface area (Å²) in [5, 5.41) is 54.5. The van der Waals surface area contributed by atoms with Gasteiger partial charge in [-0.15, -0.1) is 0 Å². The Balaban J connectivity index is 2.05. The van der Waals surface area contributed by atoms with Crippen LogP contribution in [-0.4, -0.2) is 87.5 Å². The van der Waals surface area contributed by atoms with Crippen LogP contribution in [-0.2, 0) is 14.3 Å². The maximum atomic E-state index is 13.1. The molecule has 6 N–H and O–H groups in total. The topological polar surface area (TPSA) is 149 Å². The number of carbonyl (C=O) groups is 1. The Bertz CT molecular complexity index is 1170. The lowest BCUT2D eigenvalue weighted by molar-refractivity contribution is -0.302. The summed E-state index contributed by atoms with van der Waals surface area (Å²) in [6.07, 6.45) is 63.3. The lowest BCUT2D eigenvalue weighted by atomic mass is 9.99. The third-order valence-electron chi connectivity index (χ3n) is 16.1. The van der Waals surface area contributed by atoms with Gasteiger partial charge in [-0.05, 0) is 19.3 Å². The van der Waals surface area contributed by atoms with Gasteiger partial charge in [-0.25, -0.2) is 0 Å². The van der Waals surface area contributed by atoms with Gasteiger partial charge in [0, 0.05) is 6.42 Å². The fraction of sp³-hybridized carbons (Fsp3) is 0.954. The highest BCUT2D eigenvalue weighted by molar-refractivity contribution is 5.76. The molecule has 2 unspecified atom stereocenters. The molecule has 1 aliphatic rings. The van der Waals surface area contributed by atoms with E-state index < -0.39 is 49.5 Å². The van der Waals surface area contributed by atoms with E-state index in [1.165, 1.54) is 283 Å². The van der Waals surface area contributed by atoms with Crippen LogP contribution in [0.15, 0.2) is 12.2 Å². The zero-order valence-corrected chi connectivity index (χ0v) is 49.1. The standard InChI is InChI=1S/C65H127NO8/c1-3-5-7-9-11-13-15-17-19-20-21-22-23-24-25-26-27-28-29-30-31-32-33-34-35-36-37-38-39-41-43-45-47-49-51-53-55-61(69)66-58(57-73-65-64(72)63(71)62(70)60(56-67)74-65)59(68)54-52-50-48-46-44-42-40-18-16-14-12-10-8-6-4-2/h52,54,58-60,62-65,67-68,70-72H,3-51,53,55-57H2,1-2H3,(H,66,69)/b54-52+/t58-,59+,60+,62-,63?,64?,65+/m0/s1. The van der Waals surface area contributed by atoms with Crippen LogP contribution in [0.25, 0.3) is 0 Å². The quantitative estimate of drug-likeness (QED) is 0.0261. The molecule has 0 aromatic rings. The molecule has 0 aliphatic carbocycles. The molecule has 74 heavy (non-hydrogen) atoms. The predicted molar refractivity (Wildman–Crippen MR) is 314 cm³/mol. The van der Waals surface area contributed by atoms with E-state index in [9.17, 15) is 30.3 Å². The third kappa shape index (κ3) is 43.9. The van der Waals surface area contributed by atoms with Crippen LogP contribution in [0.4, 0.5) is 0 Å². The minimum absolute atomic E-state index is 0.169. The normalized spacial score (nSPS) is 18.9. The minimum atomic E-state index is -1.56. The third-order valence-corrected chi connectivity index (χ3v) is 16.1. The molecule has 1 amide bonds. The molecular formula is C65H127NO8. The van der Waals surface area contributed by atoms with E-state index in [-0.39, 0.29) is 12.5 Å². The molecule has 0 aromatic heterocycles. The first-order valence-corrected chi connectivity index (χ1v) is 32.9. The molecule has 7 atom stereocenters. The summed E-state index contributed by atoms with van der Waals surface area (Å²) in [7, 11) is 0. The van der Waals surface area contributed by atoms with Gasteiger partial charge in [0.15, 0.2) is 6.29 Å². The Morgan fingerprint density at radius 1 is 0.446 bits per heavy atom. The molecule has 0 radical (unpaired) electrons. The average molecular weight is 1050 g/mol. The van der Waals surface area contributed by atoms with E-state index in [1.54, 1.807) is 6.08 Å². The number of carbonyl (C=O) groups excluding carboxylic acids is 1. The van der Waals surface area contributed by atoms with E-state index in [4.69, 9.17) is 9.47 Å². The molecule has 0 spiro atoms. The van der Waals surface area contributed by atoms with Crippen LogP contribution < -0.4 is 5.32 Å². The van der Waals surface area contributed by atoms with Crippen molar-refractivity contribution in [3.8, 4) is 0 Å². The number of nitrogens with one attached hydrogen (secondary N) is 1. The van der Waals surface area contributed by atoms with Gasteiger partial charge in [0.25, 0.3) is 0 Å². The highest BCUT2D eigenvalue weighted by atomic mass is 16.7. The number of rotatable bonds is 58. The first kappa shape index (κ1) is 70.9. The van der Waals surface area contributed by atoms with E-state index in [2.05, 4.69) is 19.2 Å². The van der Waals surface area contributed by atoms with Crippen LogP contribution in [0.2, 0.25) is 0 Å². The summed E-state index contributed by atoms with van der Waals surface area (Å²) in [6.45, 7) is 3.82. The molecule has 1 heterocycles. The summed E-state index contributed by atoms with van der Waals surface area (Å²) in [5.41, 5.74) is 0. The van der Waals surface area contributed by atoms with Crippen molar-refractivity contribution in [2.45, 2.75) is 384 Å². The molecule has 0 aromatic carbocycles. The fourth-order valence-electron chi connectivity index (χ4n) is 10.9. The van der Waals surface area contributed by atoms with Crippen LogP contribution in [0.3, 0.4) is 0 Å². The summed E-state index contributed by atoms with van der Waals surface area (Å²) in [5.74, 6) is -0.169. The molecule has 1 aliphatic heterocycles. The summed E-state index contributed by atoms with van der Waals surface area (Å²) >= 11 is 0. The SMILES string of the molecule is CCCCCCCCCCCCCCC/C=C/[C@@H](O)[C@H](CO[C@@H]1O[C@H](CO)[C@H](O)C(O)C1O)NC(=O)CCCCCCCCCCCCCCCCCCCCCCCCCCCCCCCCCCCCCC. The summed E-state index contributed by atoms with van der Waals surface area (Å²) in [6, 6.07) is -0.800. The van der Waals surface area contributed by atoms with E-state index in [0.29, 0.717) is 6.42 Å². The summed E-state index contributed by atoms with van der Waals surface area (Å²) < 4.78 is 11.3. The van der Waals surface area contributed by atoms with Crippen molar-refractivity contribution in [2.75, 3.05) is 13.2 Å². The molecule has 9 heteroatoms. The van der Waals surface area contributed by atoms with Gasteiger partial charge < -0.3 is 40.3 Å². The number of allylic oxidation sites excluding steroid dienone is 1. The number of amides is 1. The number of aliphatic hydroxyl groups excluding tert-OH is 5. The van der Waals surface area contributed by atoms with Crippen LogP contribution in [0, 0.1) is 0 Å². The number of ether oxygens (including phenoxy) is 2. The van der Waals surface area contributed by atoms with Crippen LogP contribution in [0.1, 0.15) is 341 Å². The first-order chi connectivity index (χ1) is 36.3. The minimum Gasteiger partial charge on any atom is -0.394 e. The van der Waals surface area contributed by atoms with Crippen molar-refractivity contribution in [2.24, 2.45) is 0 Å². The van der Waals surface area contributed by atoms with Gasteiger partial charge >= 0.3 is 0 Å². The highest BCUT2D eigenvalue weighted by Gasteiger charge is 2.44. The molecular weight excluding hydrogens is 923 g/mol. The van der Waals surface area contributed by atoms with Gasteiger partial charge in [-0.3, -0.25) is 4.79 Å². The van der Waals surface area contributed by atoms with Crippen molar-refractivity contribution in [3.63, 3.8) is 0 Å². The number of unbranched alkanes of at least 4 members (excludes halogenated alkanes) is 48. The zero-order valence-electron chi connectivity index (χ0n) is 49.1. The molecule has 1 fully saturated rings. The number of hydrogen-bond acceptors (Lipinski definition) is 8. The molecule has 440 valence electrons. The Morgan fingerprint density at radius 3 is 1.05 bits per heavy atom. The van der Waals surface area contributed by atoms with E-state index in [1.807, 2.05) is 6.08 Å². The van der Waals surface area contributed by atoms with Crippen LogP contribution in [0.5, 0.6) is 0 Å². The van der Waals surface area contributed by atoms with Gasteiger partial charge in [-0.2, -0.15) is 0 Å². The van der Waals surface area contributed by atoms with Crippen molar-refractivity contribution in [1.29, 1.82) is 0 Å². The lowest BCUT2D eigenvalue weighted by Gasteiger charge is -2.40. The van der Waals surface area contributed by atoms with E-state index in [0.717, 1.165) is 38.5 Å². The van der Waals surface area contributed by atoms with Crippen molar-refractivity contribution >= 4 is 5.91 Å². The predicted octanol–water partition coefficient (Wildman–Crippen LogP) is 17.1. The Morgan fingerprint density at radius 2 is 0.743 bits per heavy atom. The van der Waals surface area contributed by atoms with Gasteiger partial charge in [0.1, 0.15) is 24.4 Å². The zero-order chi connectivity index (χ0) is 53.6. The van der Waals surface area contributed by atoms with Crippen molar-refractivity contribution < 1.29 is 39.8 Å². The first-order valence-electron chi connectivity index (χ1n) is 32.9. The Kier molecular flexibility index (Phi) is 53.0. The smallest absolute Gasteiger partial charge is 0.220 e. The second-order valence-corrected chi connectivity index (χ2v) is 23.3. The number of aliphatic hydroxyl groups is 5. The number of hydrogen-bond donors (Lipinski definition) is 6.